The van der Waals surface area contributed by atoms with Crippen molar-refractivity contribution >= 4 is 48.2 Å². The van der Waals surface area contributed by atoms with Crippen LogP contribution in [-0.4, -0.2) is 74.3 Å². The third-order valence-corrected chi connectivity index (χ3v) is 8.54. The summed E-state index contributed by atoms with van der Waals surface area (Å²) in [5.74, 6) is 1.04. The average Bonchev–Trinajstić information content (AvgIpc) is 3.79. The van der Waals surface area contributed by atoms with E-state index in [0.717, 1.165) is 60.9 Å². The summed E-state index contributed by atoms with van der Waals surface area (Å²) in [5, 5.41) is 13.9. The first kappa shape index (κ1) is 27.4. The Balaban J connectivity index is 1.27. The molecule has 0 bridgehead atoms. The van der Waals surface area contributed by atoms with Crippen molar-refractivity contribution in [3.63, 3.8) is 0 Å². The molecule has 11 heteroatoms. The van der Waals surface area contributed by atoms with Crippen LogP contribution in [0.4, 0.5) is 23.0 Å². The standard InChI is InChI=1S/C30H32BClN7O2/c1-30(2)17-39(31-18-40)28-20(16-33)12-19(13-22(28)30)24-6-7-34-29(35-24)36-25-14-23(32)26(15-27(25)41-3)38-10-8-37(9-11-38)21-4-5-21/h6-7,12-15,18,21H,4-5,8-11,17H2,1-3H3,(H,34,35,36). The third-order valence-electron chi connectivity index (χ3n) is 8.24. The SMILES string of the molecule is COc1cc(N2CCN(C3CC3)CC2)c(Cl)cc1Nc1nccc(-c2cc(C#N)c3c(c2)C(C)(C)CN3[B]C=O)n1. The number of nitrogens with zero attached hydrogens (tertiary/aromatic N) is 6. The molecule has 209 valence electrons. The van der Waals surface area contributed by atoms with Crippen molar-refractivity contribution in [3.8, 4) is 23.1 Å². The molecule has 2 aromatic carbocycles. The smallest absolute Gasteiger partial charge is 0.329 e. The molecule has 6 rings (SSSR count). The van der Waals surface area contributed by atoms with E-state index in [0.29, 0.717) is 40.2 Å². The Morgan fingerprint density at radius 1 is 1.20 bits per heavy atom. The molecule has 1 saturated carbocycles. The fraction of sp³-hybridized carbons (Fsp3) is 0.400. The summed E-state index contributed by atoms with van der Waals surface area (Å²) < 4.78 is 5.74. The van der Waals surface area contributed by atoms with E-state index in [4.69, 9.17) is 21.3 Å². The van der Waals surface area contributed by atoms with Gasteiger partial charge >= 0.3 is 7.41 Å². The highest BCUT2D eigenvalue weighted by atomic mass is 35.5. The van der Waals surface area contributed by atoms with Crippen LogP contribution in [0.15, 0.2) is 36.5 Å². The summed E-state index contributed by atoms with van der Waals surface area (Å²) in [7, 11) is 3.13. The van der Waals surface area contributed by atoms with Crippen LogP contribution in [0.3, 0.4) is 0 Å². The normalized spacial score (nSPS) is 18.0. The van der Waals surface area contributed by atoms with Crippen molar-refractivity contribution in [2.75, 3.05) is 54.9 Å². The number of piperazine rings is 1. The maximum atomic E-state index is 11.2. The van der Waals surface area contributed by atoms with Crippen LogP contribution in [-0.2, 0) is 10.2 Å². The van der Waals surface area contributed by atoms with Crippen LogP contribution < -0.4 is 19.8 Å². The fourth-order valence-corrected chi connectivity index (χ4v) is 6.29. The van der Waals surface area contributed by atoms with Gasteiger partial charge in [0.05, 0.1) is 34.8 Å². The summed E-state index contributed by atoms with van der Waals surface area (Å²) in [4.78, 5) is 27.2. The number of anilines is 4. The van der Waals surface area contributed by atoms with E-state index in [-0.39, 0.29) is 5.41 Å². The van der Waals surface area contributed by atoms with Gasteiger partial charge in [0.15, 0.2) is 0 Å². The van der Waals surface area contributed by atoms with E-state index in [1.165, 1.54) is 20.3 Å². The molecule has 2 aliphatic heterocycles. The number of aromatic nitrogens is 2. The summed E-state index contributed by atoms with van der Waals surface area (Å²) in [6.45, 7) is 8.79. The lowest BCUT2D eigenvalue weighted by Gasteiger charge is -2.36. The Hall–Kier alpha value is -3.81. The molecule has 1 N–H and O–H groups in total. The first-order chi connectivity index (χ1) is 19.8. The first-order valence-corrected chi connectivity index (χ1v) is 14.3. The van der Waals surface area contributed by atoms with E-state index in [9.17, 15) is 10.1 Å². The van der Waals surface area contributed by atoms with Gasteiger partial charge in [-0.05, 0) is 42.7 Å². The molecule has 1 saturated heterocycles. The number of rotatable bonds is 8. The third kappa shape index (κ3) is 5.32. The topological polar surface area (TPSA) is 97.6 Å². The molecule has 3 aromatic rings. The zero-order chi connectivity index (χ0) is 28.7. The molecule has 41 heavy (non-hydrogen) atoms. The molecule has 3 heterocycles. The molecule has 1 aliphatic carbocycles. The average molecular weight is 569 g/mol. The number of ether oxygens (including phenoxy) is 1. The van der Waals surface area contributed by atoms with Gasteiger partial charge in [0.1, 0.15) is 18.0 Å². The van der Waals surface area contributed by atoms with Gasteiger partial charge in [-0.3, -0.25) is 4.90 Å². The molecule has 9 nitrogen and oxygen atoms in total. The molecule has 3 aliphatic rings. The zero-order valence-electron chi connectivity index (χ0n) is 23.5. The van der Waals surface area contributed by atoms with E-state index in [2.05, 4.69) is 46.1 Å². The summed E-state index contributed by atoms with van der Waals surface area (Å²) >= 11 is 6.79. The Labute approximate surface area is 246 Å². The van der Waals surface area contributed by atoms with Crippen molar-refractivity contribution in [1.82, 2.24) is 14.9 Å². The van der Waals surface area contributed by atoms with E-state index < -0.39 is 0 Å². The highest BCUT2D eigenvalue weighted by Crippen LogP contribution is 2.44. The van der Waals surface area contributed by atoms with Gasteiger partial charge in [0, 0.05) is 67.7 Å². The van der Waals surface area contributed by atoms with E-state index in [1.54, 1.807) is 13.3 Å². The number of carbonyl (C=O) groups is 1. The van der Waals surface area contributed by atoms with Crippen molar-refractivity contribution < 1.29 is 9.53 Å². The number of fused-ring (bicyclic) bond motifs is 1. The highest BCUT2D eigenvalue weighted by molar-refractivity contribution is 6.70. The zero-order valence-corrected chi connectivity index (χ0v) is 24.3. The van der Waals surface area contributed by atoms with Crippen LogP contribution in [0.2, 0.25) is 5.02 Å². The minimum Gasteiger partial charge on any atom is -0.494 e. The number of nitrogens with one attached hydrogen (secondary N) is 1. The number of carbonyl (C=O) groups excluding carboxylic acids is 1. The predicted molar refractivity (Wildman–Crippen MR) is 163 cm³/mol. The van der Waals surface area contributed by atoms with Gasteiger partial charge in [-0.1, -0.05) is 25.4 Å². The Kier molecular flexibility index (Phi) is 7.26. The highest BCUT2D eigenvalue weighted by Gasteiger charge is 2.37. The fourth-order valence-electron chi connectivity index (χ4n) is 6.00. The second-order valence-corrected chi connectivity index (χ2v) is 11.9. The molecular weight excluding hydrogens is 537 g/mol. The summed E-state index contributed by atoms with van der Waals surface area (Å²) in [5.41, 5.74) is 5.13. The molecule has 0 atom stereocenters. The second-order valence-electron chi connectivity index (χ2n) is 11.5. The van der Waals surface area contributed by atoms with Gasteiger partial charge in [-0.15, -0.1) is 0 Å². The Morgan fingerprint density at radius 2 is 1.98 bits per heavy atom. The Bertz CT molecular complexity index is 1530. The minimum atomic E-state index is -0.249. The van der Waals surface area contributed by atoms with E-state index >= 15 is 0 Å². The number of hydrogen-bond acceptors (Lipinski definition) is 9. The van der Waals surface area contributed by atoms with Crippen molar-refractivity contribution in [2.45, 2.75) is 38.1 Å². The minimum absolute atomic E-state index is 0.249. The number of methoxy groups -OCH3 is 1. The van der Waals surface area contributed by atoms with Gasteiger partial charge in [0.2, 0.25) is 5.95 Å². The van der Waals surface area contributed by atoms with Crippen molar-refractivity contribution in [2.24, 2.45) is 0 Å². The molecule has 0 amide bonds. The Morgan fingerprint density at radius 3 is 2.66 bits per heavy atom. The summed E-state index contributed by atoms with van der Waals surface area (Å²) in [6, 6.07) is 12.6. The molecule has 2 fully saturated rings. The maximum Gasteiger partial charge on any atom is 0.329 e. The van der Waals surface area contributed by atoms with Gasteiger partial charge in [-0.2, -0.15) is 5.26 Å². The van der Waals surface area contributed by atoms with Crippen LogP contribution >= 0.6 is 11.6 Å². The van der Waals surface area contributed by atoms with Crippen LogP contribution in [0, 0.1) is 11.3 Å². The number of benzene rings is 2. The lowest BCUT2D eigenvalue weighted by atomic mass is 9.84. The van der Waals surface area contributed by atoms with Gasteiger partial charge < -0.3 is 24.6 Å². The lowest BCUT2D eigenvalue weighted by molar-refractivity contribution is 0.248. The summed E-state index contributed by atoms with van der Waals surface area (Å²) in [6.07, 6.45) is 5.08. The van der Waals surface area contributed by atoms with E-state index in [1.807, 2.05) is 29.1 Å². The maximum absolute atomic E-state index is 11.2. The molecule has 0 unspecified atom stereocenters. The van der Waals surface area contributed by atoms with Crippen LogP contribution in [0.25, 0.3) is 11.3 Å². The molecule has 1 radical (unpaired) electrons. The lowest BCUT2D eigenvalue weighted by Crippen LogP contribution is -2.47. The van der Waals surface area contributed by atoms with Crippen LogP contribution in [0.1, 0.15) is 37.8 Å². The largest absolute Gasteiger partial charge is 0.494 e. The van der Waals surface area contributed by atoms with Crippen molar-refractivity contribution in [1.29, 1.82) is 5.26 Å². The number of hydrogen-bond donors (Lipinski definition) is 1. The quantitative estimate of drug-likeness (QED) is 0.308. The van der Waals surface area contributed by atoms with Gasteiger partial charge in [-0.25, -0.2) is 9.97 Å². The van der Waals surface area contributed by atoms with Gasteiger partial charge in [0.25, 0.3) is 0 Å². The number of nitriles is 1. The predicted octanol–water partition coefficient (Wildman–Crippen LogP) is 4.61. The first-order valence-electron chi connectivity index (χ1n) is 13.9. The second kappa shape index (κ2) is 10.9. The van der Waals surface area contributed by atoms with Crippen molar-refractivity contribution in [3.05, 3.63) is 52.7 Å². The van der Waals surface area contributed by atoms with Crippen LogP contribution in [0.5, 0.6) is 5.75 Å². The molecule has 1 aromatic heterocycles. The monoisotopic (exact) mass is 568 g/mol. The molecular formula is C30H32BClN7O2. The molecule has 0 spiro atoms. The number of halogens is 1.